The molecule has 0 aliphatic carbocycles. The summed E-state index contributed by atoms with van der Waals surface area (Å²) in [6, 6.07) is 0. The van der Waals surface area contributed by atoms with E-state index in [9.17, 15) is 0 Å². The van der Waals surface area contributed by atoms with Crippen LogP contribution >= 0.6 is 0 Å². The lowest BCUT2D eigenvalue weighted by Gasteiger charge is -2.43. The third kappa shape index (κ3) is 2.44. The highest BCUT2D eigenvalue weighted by molar-refractivity contribution is 4.89. The van der Waals surface area contributed by atoms with E-state index < -0.39 is 0 Å². The third-order valence-electron chi connectivity index (χ3n) is 3.41. The van der Waals surface area contributed by atoms with Crippen LogP contribution in [-0.4, -0.2) is 26.8 Å². The maximum Gasteiger partial charge on any atom is 0.0519 e. The summed E-state index contributed by atoms with van der Waals surface area (Å²) < 4.78 is 5.34. The van der Waals surface area contributed by atoms with Crippen molar-refractivity contribution < 1.29 is 4.74 Å². The smallest absolute Gasteiger partial charge is 0.0519 e. The van der Waals surface area contributed by atoms with Crippen molar-refractivity contribution >= 4 is 0 Å². The van der Waals surface area contributed by atoms with Crippen molar-refractivity contribution in [2.45, 2.75) is 27.2 Å². The van der Waals surface area contributed by atoms with Crippen LogP contribution in [-0.2, 0) is 4.74 Å². The summed E-state index contributed by atoms with van der Waals surface area (Å²) in [6.45, 7) is 10.2. The quantitative estimate of drug-likeness (QED) is 0.725. The normalized spacial score (nSPS) is 35.3. The molecular formula is C11H23NO. The molecule has 1 rings (SSSR count). The van der Waals surface area contributed by atoms with Crippen molar-refractivity contribution in [2.75, 3.05) is 26.8 Å². The molecule has 1 heterocycles. The first kappa shape index (κ1) is 11.0. The zero-order valence-corrected chi connectivity index (χ0v) is 9.39. The van der Waals surface area contributed by atoms with Gasteiger partial charge >= 0.3 is 0 Å². The standard InChI is InChI=1S/C11H23NO/c1-9(2)10-7-12-6-5-11(10,3)8-13-4/h9-10,12H,5-8H2,1-4H3. The lowest BCUT2D eigenvalue weighted by atomic mass is 9.68. The molecule has 13 heavy (non-hydrogen) atoms. The predicted octanol–water partition coefficient (Wildman–Crippen LogP) is 1.90. The van der Waals surface area contributed by atoms with Crippen molar-refractivity contribution in [3.8, 4) is 0 Å². The van der Waals surface area contributed by atoms with Gasteiger partial charge in [0.2, 0.25) is 0 Å². The minimum Gasteiger partial charge on any atom is -0.384 e. The van der Waals surface area contributed by atoms with E-state index in [-0.39, 0.29) is 0 Å². The summed E-state index contributed by atoms with van der Waals surface area (Å²) in [6.07, 6.45) is 1.24. The molecule has 1 N–H and O–H groups in total. The topological polar surface area (TPSA) is 21.3 Å². The molecule has 0 amide bonds. The van der Waals surface area contributed by atoms with E-state index >= 15 is 0 Å². The Balaban J connectivity index is 2.65. The van der Waals surface area contributed by atoms with E-state index in [1.807, 2.05) is 7.11 Å². The second-order valence-electron chi connectivity index (χ2n) is 4.89. The molecule has 1 saturated heterocycles. The van der Waals surface area contributed by atoms with Crippen molar-refractivity contribution in [1.29, 1.82) is 0 Å². The minimum atomic E-state index is 0.383. The lowest BCUT2D eigenvalue weighted by Crippen LogP contribution is -2.48. The van der Waals surface area contributed by atoms with Crippen LogP contribution in [0.25, 0.3) is 0 Å². The molecule has 0 aromatic heterocycles. The van der Waals surface area contributed by atoms with Gasteiger partial charge in [-0.25, -0.2) is 0 Å². The van der Waals surface area contributed by atoms with E-state index in [1.54, 1.807) is 0 Å². The van der Waals surface area contributed by atoms with Crippen molar-refractivity contribution in [1.82, 2.24) is 5.32 Å². The van der Waals surface area contributed by atoms with E-state index in [1.165, 1.54) is 6.42 Å². The number of hydrogen-bond acceptors (Lipinski definition) is 2. The Kier molecular flexibility index (Phi) is 3.74. The zero-order chi connectivity index (χ0) is 9.90. The first-order chi connectivity index (χ1) is 6.10. The van der Waals surface area contributed by atoms with E-state index in [4.69, 9.17) is 4.74 Å². The second kappa shape index (κ2) is 4.43. The monoisotopic (exact) mass is 185 g/mol. The summed E-state index contributed by atoms with van der Waals surface area (Å²) >= 11 is 0. The zero-order valence-electron chi connectivity index (χ0n) is 9.39. The molecule has 2 nitrogen and oxygen atoms in total. The van der Waals surface area contributed by atoms with Crippen molar-refractivity contribution in [3.05, 3.63) is 0 Å². The molecule has 2 atom stereocenters. The Labute approximate surface area is 82.0 Å². The Morgan fingerprint density at radius 2 is 2.23 bits per heavy atom. The summed E-state index contributed by atoms with van der Waals surface area (Å²) in [5.41, 5.74) is 0.383. The highest BCUT2D eigenvalue weighted by Crippen LogP contribution is 2.37. The molecule has 0 radical (unpaired) electrons. The molecule has 0 aromatic rings. The molecule has 0 bridgehead atoms. The molecule has 2 unspecified atom stereocenters. The maximum atomic E-state index is 5.34. The van der Waals surface area contributed by atoms with Crippen LogP contribution in [0.4, 0.5) is 0 Å². The molecule has 0 aromatic carbocycles. The second-order valence-corrected chi connectivity index (χ2v) is 4.89. The van der Waals surface area contributed by atoms with Crippen LogP contribution in [0.3, 0.4) is 0 Å². The number of rotatable bonds is 3. The van der Waals surface area contributed by atoms with Gasteiger partial charge in [0.05, 0.1) is 6.61 Å². The number of piperidine rings is 1. The average molecular weight is 185 g/mol. The van der Waals surface area contributed by atoms with Gasteiger partial charge in [0.1, 0.15) is 0 Å². The fourth-order valence-corrected chi connectivity index (χ4v) is 2.61. The van der Waals surface area contributed by atoms with Gasteiger partial charge in [-0.1, -0.05) is 20.8 Å². The van der Waals surface area contributed by atoms with Crippen LogP contribution in [0.15, 0.2) is 0 Å². The summed E-state index contributed by atoms with van der Waals surface area (Å²) in [5, 5.41) is 3.47. The number of ether oxygens (including phenoxy) is 1. The van der Waals surface area contributed by atoms with Gasteiger partial charge in [0.25, 0.3) is 0 Å². The van der Waals surface area contributed by atoms with E-state index in [0.717, 1.165) is 31.5 Å². The van der Waals surface area contributed by atoms with Crippen LogP contribution < -0.4 is 5.32 Å². The highest BCUT2D eigenvalue weighted by atomic mass is 16.5. The van der Waals surface area contributed by atoms with Crippen LogP contribution in [0.1, 0.15) is 27.2 Å². The number of nitrogens with one attached hydrogen (secondary N) is 1. The molecule has 1 fully saturated rings. The average Bonchev–Trinajstić information content (AvgIpc) is 2.04. The summed E-state index contributed by atoms with van der Waals surface area (Å²) in [4.78, 5) is 0. The number of hydrogen-bond donors (Lipinski definition) is 1. The van der Waals surface area contributed by atoms with E-state index in [0.29, 0.717) is 5.41 Å². The van der Waals surface area contributed by atoms with Gasteiger partial charge in [-0.2, -0.15) is 0 Å². The van der Waals surface area contributed by atoms with Gasteiger partial charge in [-0.15, -0.1) is 0 Å². The Morgan fingerprint density at radius 1 is 1.54 bits per heavy atom. The lowest BCUT2D eigenvalue weighted by molar-refractivity contribution is 0.00423. The SMILES string of the molecule is COCC1(C)CCNCC1C(C)C. The van der Waals surface area contributed by atoms with Gasteiger partial charge in [0, 0.05) is 7.11 Å². The Hall–Kier alpha value is -0.0800. The van der Waals surface area contributed by atoms with Crippen LogP contribution in [0.2, 0.25) is 0 Å². The molecule has 0 spiro atoms. The first-order valence-electron chi connectivity index (χ1n) is 5.30. The molecule has 2 heteroatoms. The molecular weight excluding hydrogens is 162 g/mol. The van der Waals surface area contributed by atoms with Crippen LogP contribution in [0.5, 0.6) is 0 Å². The highest BCUT2D eigenvalue weighted by Gasteiger charge is 2.37. The van der Waals surface area contributed by atoms with Gasteiger partial charge in [-0.05, 0) is 36.8 Å². The fourth-order valence-electron chi connectivity index (χ4n) is 2.61. The molecule has 78 valence electrons. The Bertz CT molecular complexity index is 154. The van der Waals surface area contributed by atoms with Crippen molar-refractivity contribution in [3.63, 3.8) is 0 Å². The fraction of sp³-hybridized carbons (Fsp3) is 1.00. The number of methoxy groups -OCH3 is 1. The molecule has 1 aliphatic rings. The largest absolute Gasteiger partial charge is 0.384 e. The maximum absolute atomic E-state index is 5.34. The van der Waals surface area contributed by atoms with Gasteiger partial charge < -0.3 is 10.1 Å². The van der Waals surface area contributed by atoms with Gasteiger partial charge in [0.15, 0.2) is 0 Å². The van der Waals surface area contributed by atoms with Crippen LogP contribution in [0, 0.1) is 17.3 Å². The summed E-state index contributed by atoms with van der Waals surface area (Å²) in [5.74, 6) is 1.49. The third-order valence-corrected chi connectivity index (χ3v) is 3.41. The summed E-state index contributed by atoms with van der Waals surface area (Å²) in [7, 11) is 1.81. The van der Waals surface area contributed by atoms with E-state index in [2.05, 4.69) is 26.1 Å². The van der Waals surface area contributed by atoms with Crippen molar-refractivity contribution in [2.24, 2.45) is 17.3 Å². The minimum absolute atomic E-state index is 0.383. The first-order valence-corrected chi connectivity index (χ1v) is 5.30. The Morgan fingerprint density at radius 3 is 2.77 bits per heavy atom. The molecule has 0 saturated carbocycles. The van der Waals surface area contributed by atoms with Gasteiger partial charge in [-0.3, -0.25) is 0 Å². The predicted molar refractivity (Wildman–Crippen MR) is 55.8 cm³/mol. The molecule has 1 aliphatic heterocycles.